The van der Waals surface area contributed by atoms with Crippen LogP contribution in [0, 0.1) is 0 Å². The number of nitrogens with zero attached hydrogens (tertiary/aromatic N) is 2. The fourth-order valence-electron chi connectivity index (χ4n) is 2.50. The molecule has 5 nitrogen and oxygen atoms in total. The maximum absolute atomic E-state index is 13.3. The molecule has 1 aromatic heterocycles. The number of aromatic nitrogens is 1. The van der Waals surface area contributed by atoms with Gasteiger partial charge in [0.1, 0.15) is 5.75 Å². The minimum atomic E-state index is -3.83. The van der Waals surface area contributed by atoms with E-state index in [0.717, 1.165) is 5.56 Å². The molecule has 0 atom stereocenters. The van der Waals surface area contributed by atoms with Crippen molar-refractivity contribution < 1.29 is 13.2 Å². The predicted octanol–water partition coefficient (Wildman–Crippen LogP) is 4.14. The summed E-state index contributed by atoms with van der Waals surface area (Å²) in [6.45, 7) is 0.157. The first-order valence-electron chi connectivity index (χ1n) is 7.82. The Morgan fingerprint density at radius 1 is 1.08 bits per heavy atom. The Morgan fingerprint density at radius 2 is 1.85 bits per heavy atom. The summed E-state index contributed by atoms with van der Waals surface area (Å²) in [4.78, 5) is 4.16. The van der Waals surface area contributed by atoms with Crippen LogP contribution in [0.3, 0.4) is 0 Å². The van der Waals surface area contributed by atoms with Crippen LogP contribution in [-0.2, 0) is 16.6 Å². The normalized spacial score (nSPS) is 11.2. The van der Waals surface area contributed by atoms with Gasteiger partial charge in [-0.1, -0.05) is 35.9 Å². The Bertz CT molecular complexity index is 980. The third-order valence-corrected chi connectivity index (χ3v) is 5.87. The summed E-state index contributed by atoms with van der Waals surface area (Å²) in [6.07, 6.45) is 3.29. The van der Waals surface area contributed by atoms with Crippen LogP contribution in [-0.4, -0.2) is 20.5 Å². The summed E-state index contributed by atoms with van der Waals surface area (Å²) < 4.78 is 33.0. The van der Waals surface area contributed by atoms with Gasteiger partial charge in [-0.25, -0.2) is 8.42 Å². The molecule has 26 heavy (non-hydrogen) atoms. The van der Waals surface area contributed by atoms with E-state index < -0.39 is 10.0 Å². The standard InChI is InChI=1S/C19H17ClN2O3S/c1-25-19-10-9-17(12-18(19)20)26(23,24)22(16-7-3-2-4-8-16)14-15-6-5-11-21-13-15/h2-13H,14H2,1H3. The molecule has 3 rings (SSSR count). The van der Waals surface area contributed by atoms with Crippen molar-refractivity contribution in [2.75, 3.05) is 11.4 Å². The van der Waals surface area contributed by atoms with E-state index in [1.807, 2.05) is 12.1 Å². The van der Waals surface area contributed by atoms with E-state index in [0.29, 0.717) is 11.4 Å². The van der Waals surface area contributed by atoms with Crippen LogP contribution in [0.2, 0.25) is 5.02 Å². The quantitative estimate of drug-likeness (QED) is 0.636. The Hall–Kier alpha value is -2.57. The third-order valence-electron chi connectivity index (χ3n) is 3.80. The van der Waals surface area contributed by atoms with Gasteiger partial charge in [-0.05, 0) is 42.0 Å². The molecule has 0 spiro atoms. The molecule has 2 aromatic carbocycles. The Kier molecular flexibility index (Phi) is 5.44. The average molecular weight is 389 g/mol. The highest BCUT2D eigenvalue weighted by Crippen LogP contribution is 2.31. The first kappa shape index (κ1) is 18.2. The van der Waals surface area contributed by atoms with Crippen LogP contribution in [0.5, 0.6) is 5.75 Å². The highest BCUT2D eigenvalue weighted by atomic mass is 35.5. The molecule has 0 aliphatic carbocycles. The fraction of sp³-hybridized carbons (Fsp3) is 0.105. The first-order chi connectivity index (χ1) is 12.5. The van der Waals surface area contributed by atoms with Crippen molar-refractivity contribution in [3.05, 3.63) is 83.6 Å². The van der Waals surface area contributed by atoms with Gasteiger partial charge in [-0.15, -0.1) is 0 Å². The molecule has 0 bridgehead atoms. The maximum atomic E-state index is 13.3. The topological polar surface area (TPSA) is 59.5 Å². The van der Waals surface area contributed by atoms with Crippen molar-refractivity contribution in [3.8, 4) is 5.75 Å². The zero-order chi connectivity index (χ0) is 18.6. The molecule has 3 aromatic rings. The van der Waals surface area contributed by atoms with E-state index in [1.165, 1.54) is 23.5 Å². The highest BCUT2D eigenvalue weighted by molar-refractivity contribution is 7.92. The number of para-hydroxylation sites is 1. The monoisotopic (exact) mass is 388 g/mol. The third kappa shape index (κ3) is 3.81. The predicted molar refractivity (Wildman–Crippen MR) is 102 cm³/mol. The fourth-order valence-corrected chi connectivity index (χ4v) is 4.30. The van der Waals surface area contributed by atoms with Crippen molar-refractivity contribution in [1.82, 2.24) is 4.98 Å². The zero-order valence-electron chi connectivity index (χ0n) is 14.0. The number of halogens is 1. The number of sulfonamides is 1. The van der Waals surface area contributed by atoms with E-state index in [2.05, 4.69) is 4.98 Å². The van der Waals surface area contributed by atoms with Crippen LogP contribution < -0.4 is 9.04 Å². The van der Waals surface area contributed by atoms with Gasteiger partial charge in [-0.3, -0.25) is 9.29 Å². The Labute approximate surface area is 157 Å². The summed E-state index contributed by atoms with van der Waals surface area (Å²) in [5.41, 5.74) is 1.34. The van der Waals surface area contributed by atoms with Gasteiger partial charge in [0.2, 0.25) is 0 Å². The zero-order valence-corrected chi connectivity index (χ0v) is 15.6. The molecule has 1 heterocycles. The second kappa shape index (κ2) is 7.76. The molecule has 0 saturated carbocycles. The van der Waals surface area contributed by atoms with E-state index in [-0.39, 0.29) is 16.5 Å². The van der Waals surface area contributed by atoms with Gasteiger partial charge in [0.05, 0.1) is 29.3 Å². The smallest absolute Gasteiger partial charge is 0.264 e. The highest BCUT2D eigenvalue weighted by Gasteiger charge is 2.26. The molecule has 7 heteroatoms. The second-order valence-corrected chi connectivity index (χ2v) is 7.77. The molecule has 0 N–H and O–H groups in total. The van der Waals surface area contributed by atoms with Gasteiger partial charge in [0.25, 0.3) is 10.0 Å². The summed E-state index contributed by atoms with van der Waals surface area (Å²) in [7, 11) is -2.35. The maximum Gasteiger partial charge on any atom is 0.264 e. The van der Waals surface area contributed by atoms with Crippen molar-refractivity contribution >= 4 is 27.3 Å². The number of rotatable bonds is 6. The van der Waals surface area contributed by atoms with E-state index in [9.17, 15) is 8.42 Å². The molecule has 0 unspecified atom stereocenters. The minimum Gasteiger partial charge on any atom is -0.495 e. The van der Waals surface area contributed by atoms with Crippen molar-refractivity contribution in [2.45, 2.75) is 11.4 Å². The molecule has 0 fully saturated rings. The van der Waals surface area contributed by atoms with Crippen molar-refractivity contribution in [1.29, 1.82) is 0 Å². The van der Waals surface area contributed by atoms with E-state index >= 15 is 0 Å². The van der Waals surface area contributed by atoms with Crippen molar-refractivity contribution in [3.63, 3.8) is 0 Å². The lowest BCUT2D eigenvalue weighted by atomic mass is 10.2. The minimum absolute atomic E-state index is 0.0936. The second-order valence-electron chi connectivity index (χ2n) is 5.50. The Balaban J connectivity index is 2.06. The number of methoxy groups -OCH3 is 1. The van der Waals surface area contributed by atoms with Crippen LogP contribution >= 0.6 is 11.6 Å². The van der Waals surface area contributed by atoms with Crippen LogP contribution in [0.25, 0.3) is 0 Å². The van der Waals surface area contributed by atoms with Gasteiger partial charge in [0.15, 0.2) is 0 Å². The number of anilines is 1. The summed E-state index contributed by atoms with van der Waals surface area (Å²) in [5.74, 6) is 0.420. The lowest BCUT2D eigenvalue weighted by molar-refractivity contribution is 0.414. The van der Waals surface area contributed by atoms with E-state index in [4.69, 9.17) is 16.3 Å². The Morgan fingerprint density at radius 3 is 2.46 bits per heavy atom. The molecular weight excluding hydrogens is 372 g/mol. The SMILES string of the molecule is COc1ccc(S(=O)(=O)N(Cc2cccnc2)c2ccccc2)cc1Cl. The molecule has 0 amide bonds. The van der Waals surface area contributed by atoms with Crippen LogP contribution in [0.4, 0.5) is 5.69 Å². The number of ether oxygens (including phenoxy) is 1. The van der Waals surface area contributed by atoms with Gasteiger partial charge in [0, 0.05) is 12.4 Å². The largest absolute Gasteiger partial charge is 0.495 e. The molecule has 0 saturated heterocycles. The first-order valence-corrected chi connectivity index (χ1v) is 9.64. The number of benzene rings is 2. The lowest BCUT2D eigenvalue weighted by Crippen LogP contribution is -2.30. The van der Waals surface area contributed by atoms with Gasteiger partial charge in [-0.2, -0.15) is 0 Å². The molecule has 0 radical (unpaired) electrons. The van der Waals surface area contributed by atoms with Crippen molar-refractivity contribution in [2.24, 2.45) is 0 Å². The molecule has 0 aliphatic heterocycles. The lowest BCUT2D eigenvalue weighted by Gasteiger charge is -2.25. The number of pyridine rings is 1. The van der Waals surface area contributed by atoms with Crippen LogP contribution in [0.1, 0.15) is 5.56 Å². The molecular formula is C19H17ClN2O3S. The summed E-state index contributed by atoms with van der Waals surface area (Å²) in [5, 5.41) is 0.239. The van der Waals surface area contributed by atoms with E-state index in [1.54, 1.807) is 48.8 Å². The summed E-state index contributed by atoms with van der Waals surface area (Å²) in [6, 6.07) is 17.0. The summed E-state index contributed by atoms with van der Waals surface area (Å²) >= 11 is 6.13. The molecule has 134 valence electrons. The molecule has 0 aliphatic rings. The number of hydrogen-bond acceptors (Lipinski definition) is 4. The van der Waals surface area contributed by atoms with Gasteiger partial charge < -0.3 is 4.74 Å². The number of hydrogen-bond donors (Lipinski definition) is 0. The van der Waals surface area contributed by atoms with Gasteiger partial charge >= 0.3 is 0 Å². The average Bonchev–Trinajstić information content (AvgIpc) is 2.67. The van der Waals surface area contributed by atoms with Crippen LogP contribution in [0.15, 0.2) is 78.0 Å².